The van der Waals surface area contributed by atoms with Gasteiger partial charge in [-0.05, 0) is 36.4 Å². The number of rotatable bonds is 3. The highest BCUT2D eigenvalue weighted by molar-refractivity contribution is 6.31. The second-order valence-corrected chi connectivity index (χ2v) is 4.55. The van der Waals surface area contributed by atoms with Crippen molar-refractivity contribution in [3.63, 3.8) is 0 Å². The standard InChI is InChI=1S/C14H9ClFNO4/c15-7-1-3-11(16)9(5-7)13(19)17-12-4-2-8(18)6-10(12)14(20)21/h1-6,18H,(H,17,19)(H,20,21). The molecule has 0 aliphatic rings. The minimum Gasteiger partial charge on any atom is -0.508 e. The maximum atomic E-state index is 13.6. The first-order valence-corrected chi connectivity index (χ1v) is 6.09. The molecule has 0 saturated carbocycles. The SMILES string of the molecule is O=C(Nc1ccc(O)cc1C(=O)O)c1cc(Cl)ccc1F. The van der Waals surface area contributed by atoms with Gasteiger partial charge in [-0.2, -0.15) is 0 Å². The first kappa shape index (κ1) is 14.8. The molecular formula is C14H9ClFNO4. The Morgan fingerprint density at radius 3 is 2.48 bits per heavy atom. The molecule has 0 heterocycles. The highest BCUT2D eigenvalue weighted by Crippen LogP contribution is 2.23. The Kier molecular flexibility index (Phi) is 4.09. The molecule has 0 radical (unpaired) electrons. The van der Waals surface area contributed by atoms with Crippen molar-refractivity contribution in [2.75, 3.05) is 5.32 Å². The minimum atomic E-state index is -1.34. The van der Waals surface area contributed by atoms with Crippen molar-refractivity contribution in [1.29, 1.82) is 0 Å². The fourth-order valence-electron chi connectivity index (χ4n) is 1.68. The molecule has 1 amide bonds. The number of hydrogen-bond acceptors (Lipinski definition) is 3. The molecule has 0 spiro atoms. The van der Waals surface area contributed by atoms with E-state index in [1.54, 1.807) is 0 Å². The summed E-state index contributed by atoms with van der Waals surface area (Å²) in [5, 5.41) is 20.7. The van der Waals surface area contributed by atoms with Crippen molar-refractivity contribution in [2.45, 2.75) is 0 Å². The van der Waals surface area contributed by atoms with Crippen LogP contribution in [0.5, 0.6) is 5.75 Å². The van der Waals surface area contributed by atoms with E-state index in [9.17, 15) is 19.1 Å². The summed E-state index contributed by atoms with van der Waals surface area (Å²) >= 11 is 5.69. The number of hydrogen-bond donors (Lipinski definition) is 3. The molecule has 5 nitrogen and oxygen atoms in total. The Bertz CT molecular complexity index is 733. The number of amides is 1. The second kappa shape index (κ2) is 5.80. The van der Waals surface area contributed by atoms with Crippen molar-refractivity contribution < 1.29 is 24.2 Å². The molecule has 0 aliphatic carbocycles. The fourth-order valence-corrected chi connectivity index (χ4v) is 1.85. The third kappa shape index (κ3) is 3.29. The normalized spacial score (nSPS) is 10.2. The number of carboxylic acid groups (broad SMARTS) is 1. The molecule has 2 aromatic rings. The van der Waals surface area contributed by atoms with E-state index in [0.29, 0.717) is 0 Å². The van der Waals surface area contributed by atoms with Crippen LogP contribution in [0, 0.1) is 5.82 Å². The molecule has 0 aromatic heterocycles. The quantitative estimate of drug-likeness (QED) is 0.760. The molecule has 2 rings (SSSR count). The van der Waals surface area contributed by atoms with Crippen LogP contribution in [0.4, 0.5) is 10.1 Å². The van der Waals surface area contributed by atoms with Crippen LogP contribution in [0.3, 0.4) is 0 Å². The minimum absolute atomic E-state index is 0.0651. The average Bonchev–Trinajstić information content (AvgIpc) is 2.43. The number of carbonyl (C=O) groups excluding carboxylic acids is 1. The highest BCUT2D eigenvalue weighted by Gasteiger charge is 2.17. The molecule has 3 N–H and O–H groups in total. The van der Waals surface area contributed by atoms with Gasteiger partial charge in [-0.1, -0.05) is 11.6 Å². The lowest BCUT2D eigenvalue weighted by molar-refractivity contribution is 0.0697. The number of anilines is 1. The molecule has 0 bridgehead atoms. The molecule has 0 aliphatic heterocycles. The number of carboxylic acids is 1. The number of nitrogens with one attached hydrogen (secondary N) is 1. The Morgan fingerprint density at radius 2 is 1.81 bits per heavy atom. The molecule has 21 heavy (non-hydrogen) atoms. The average molecular weight is 310 g/mol. The van der Waals surface area contributed by atoms with Crippen molar-refractivity contribution in [1.82, 2.24) is 0 Å². The van der Waals surface area contributed by atoms with Crippen LogP contribution in [0.25, 0.3) is 0 Å². The Balaban J connectivity index is 2.36. The summed E-state index contributed by atoms with van der Waals surface area (Å²) in [6, 6.07) is 6.85. The van der Waals surface area contributed by atoms with Crippen LogP contribution in [0.1, 0.15) is 20.7 Å². The van der Waals surface area contributed by atoms with E-state index in [4.69, 9.17) is 16.7 Å². The maximum Gasteiger partial charge on any atom is 0.337 e. The summed E-state index contributed by atoms with van der Waals surface area (Å²) in [7, 11) is 0. The number of aromatic carboxylic acids is 1. The Morgan fingerprint density at radius 1 is 1.10 bits per heavy atom. The van der Waals surface area contributed by atoms with Crippen molar-refractivity contribution in [2.24, 2.45) is 0 Å². The van der Waals surface area contributed by atoms with Gasteiger partial charge in [0, 0.05) is 5.02 Å². The fraction of sp³-hybridized carbons (Fsp3) is 0. The summed E-state index contributed by atoms with van der Waals surface area (Å²) in [5.74, 6) is -3.23. The van der Waals surface area contributed by atoms with Gasteiger partial charge >= 0.3 is 5.97 Å². The molecule has 2 aromatic carbocycles. The molecule has 0 fully saturated rings. The summed E-state index contributed by atoms with van der Waals surface area (Å²) in [5.41, 5.74) is -0.692. The summed E-state index contributed by atoms with van der Waals surface area (Å²) in [4.78, 5) is 23.0. The van der Waals surface area contributed by atoms with Crippen LogP contribution >= 0.6 is 11.6 Å². The first-order valence-electron chi connectivity index (χ1n) is 5.71. The first-order chi connectivity index (χ1) is 9.88. The molecule has 7 heteroatoms. The predicted octanol–water partition coefficient (Wildman–Crippen LogP) is 3.14. The van der Waals surface area contributed by atoms with Gasteiger partial charge in [0.15, 0.2) is 0 Å². The van der Waals surface area contributed by atoms with Gasteiger partial charge in [0.05, 0.1) is 16.8 Å². The number of halogens is 2. The number of phenols is 1. The van der Waals surface area contributed by atoms with Crippen LogP contribution in [0.2, 0.25) is 5.02 Å². The van der Waals surface area contributed by atoms with Crippen molar-refractivity contribution >= 4 is 29.2 Å². The molecule has 108 valence electrons. The van der Waals surface area contributed by atoms with Crippen molar-refractivity contribution in [3.05, 3.63) is 58.4 Å². The van der Waals surface area contributed by atoms with E-state index in [0.717, 1.165) is 18.2 Å². The van der Waals surface area contributed by atoms with Crippen LogP contribution in [-0.2, 0) is 0 Å². The summed E-state index contributed by atoms with van der Waals surface area (Å²) in [6.07, 6.45) is 0. The van der Waals surface area contributed by atoms with E-state index < -0.39 is 17.7 Å². The third-order valence-electron chi connectivity index (χ3n) is 2.65. The largest absolute Gasteiger partial charge is 0.508 e. The zero-order valence-electron chi connectivity index (χ0n) is 10.4. The third-order valence-corrected chi connectivity index (χ3v) is 2.89. The highest BCUT2D eigenvalue weighted by atomic mass is 35.5. The predicted molar refractivity (Wildman–Crippen MR) is 74.4 cm³/mol. The van der Waals surface area contributed by atoms with Gasteiger partial charge < -0.3 is 15.5 Å². The van der Waals surface area contributed by atoms with Gasteiger partial charge in [-0.15, -0.1) is 0 Å². The number of phenolic OH excluding ortho intramolecular Hbond substituents is 1. The van der Waals surface area contributed by atoms with Crippen LogP contribution in [0.15, 0.2) is 36.4 Å². The Labute approximate surface area is 123 Å². The molecular weight excluding hydrogens is 301 g/mol. The lowest BCUT2D eigenvalue weighted by Crippen LogP contribution is -2.16. The molecule has 0 atom stereocenters. The van der Waals surface area contributed by atoms with E-state index in [1.807, 2.05) is 0 Å². The number of carbonyl (C=O) groups is 2. The van der Waals surface area contributed by atoms with E-state index in [2.05, 4.69) is 5.32 Å². The van der Waals surface area contributed by atoms with E-state index >= 15 is 0 Å². The molecule has 0 saturated heterocycles. The lowest BCUT2D eigenvalue weighted by Gasteiger charge is -2.09. The van der Waals surface area contributed by atoms with E-state index in [1.165, 1.54) is 18.2 Å². The topological polar surface area (TPSA) is 86.6 Å². The van der Waals surface area contributed by atoms with Crippen LogP contribution in [-0.4, -0.2) is 22.1 Å². The maximum absolute atomic E-state index is 13.6. The van der Waals surface area contributed by atoms with Gasteiger partial charge in [0.1, 0.15) is 11.6 Å². The van der Waals surface area contributed by atoms with Crippen molar-refractivity contribution in [3.8, 4) is 5.75 Å². The summed E-state index contributed by atoms with van der Waals surface area (Å²) in [6.45, 7) is 0. The number of benzene rings is 2. The van der Waals surface area contributed by atoms with E-state index in [-0.39, 0.29) is 27.6 Å². The van der Waals surface area contributed by atoms with Gasteiger partial charge in [-0.25, -0.2) is 9.18 Å². The monoisotopic (exact) mass is 309 g/mol. The van der Waals surface area contributed by atoms with Gasteiger partial charge in [-0.3, -0.25) is 4.79 Å². The smallest absolute Gasteiger partial charge is 0.337 e. The zero-order valence-corrected chi connectivity index (χ0v) is 11.2. The molecule has 0 unspecified atom stereocenters. The number of aromatic hydroxyl groups is 1. The lowest BCUT2D eigenvalue weighted by atomic mass is 10.1. The van der Waals surface area contributed by atoms with Crippen LogP contribution < -0.4 is 5.32 Å². The second-order valence-electron chi connectivity index (χ2n) is 4.11. The Hall–Kier alpha value is -2.60. The van der Waals surface area contributed by atoms with Gasteiger partial charge in [0.25, 0.3) is 5.91 Å². The summed E-state index contributed by atoms with van der Waals surface area (Å²) < 4.78 is 13.6. The zero-order chi connectivity index (χ0) is 15.6. The van der Waals surface area contributed by atoms with Gasteiger partial charge in [0.2, 0.25) is 0 Å².